The Labute approximate surface area is 150 Å². The van der Waals surface area contributed by atoms with E-state index in [9.17, 15) is 14.4 Å². The molecule has 4 saturated carbocycles. The molecule has 2 aromatic rings. The molecular weight excluding hydrogens is 332 g/mol. The molecule has 2 aromatic heterocycles. The summed E-state index contributed by atoms with van der Waals surface area (Å²) < 4.78 is 4.09. The van der Waals surface area contributed by atoms with Crippen LogP contribution in [0.5, 0.6) is 0 Å². The number of carbonyl (C=O) groups excluding carboxylic acids is 1. The Bertz CT molecular complexity index is 1010. The first-order valence-electron chi connectivity index (χ1n) is 9.52. The largest absolute Gasteiger partial charge is 0.332 e. The van der Waals surface area contributed by atoms with Crippen LogP contribution in [-0.4, -0.2) is 24.5 Å². The first-order valence-corrected chi connectivity index (χ1v) is 9.52. The Balaban J connectivity index is 1.54. The highest BCUT2D eigenvalue weighted by Crippen LogP contribution is 2.60. The van der Waals surface area contributed by atoms with Crippen LogP contribution in [0.15, 0.2) is 15.9 Å². The van der Waals surface area contributed by atoms with Crippen LogP contribution in [0.3, 0.4) is 0 Å². The van der Waals surface area contributed by atoms with Crippen molar-refractivity contribution in [2.45, 2.75) is 45.1 Å². The van der Waals surface area contributed by atoms with Crippen LogP contribution in [0.25, 0.3) is 11.2 Å². The summed E-state index contributed by atoms with van der Waals surface area (Å²) in [6.07, 6.45) is 8.46. The number of aryl methyl sites for hydroxylation is 1. The van der Waals surface area contributed by atoms with Gasteiger partial charge in [0.2, 0.25) is 0 Å². The smallest absolute Gasteiger partial charge is 0.317 e. The van der Waals surface area contributed by atoms with E-state index in [2.05, 4.69) is 4.98 Å². The van der Waals surface area contributed by atoms with Gasteiger partial charge in [0.05, 0.1) is 12.9 Å². The number of ketones is 1. The summed E-state index contributed by atoms with van der Waals surface area (Å²) in [5, 5.41) is 0. The third-order valence-electron chi connectivity index (χ3n) is 7.16. The van der Waals surface area contributed by atoms with E-state index < -0.39 is 5.69 Å². The molecule has 6 rings (SSSR count). The van der Waals surface area contributed by atoms with Gasteiger partial charge in [-0.1, -0.05) is 0 Å². The summed E-state index contributed by atoms with van der Waals surface area (Å²) in [5.74, 6) is 2.36. The molecule has 0 spiro atoms. The van der Waals surface area contributed by atoms with Crippen molar-refractivity contribution in [1.29, 1.82) is 0 Å². The minimum atomic E-state index is -0.403. The zero-order chi connectivity index (χ0) is 18.2. The molecule has 0 radical (unpaired) electrons. The van der Waals surface area contributed by atoms with Crippen LogP contribution in [0.2, 0.25) is 0 Å². The number of Topliss-reactive ketones (excluding diaryl/α,β-unsaturated/α-hetero) is 1. The van der Waals surface area contributed by atoms with E-state index in [1.54, 1.807) is 11.6 Å². The Morgan fingerprint density at radius 2 is 1.65 bits per heavy atom. The van der Waals surface area contributed by atoms with Crippen molar-refractivity contribution in [3.8, 4) is 0 Å². The maximum absolute atomic E-state index is 13.3. The number of nitrogens with zero attached hydrogens (tertiary/aromatic N) is 4. The number of carbonyl (C=O) groups is 1. The van der Waals surface area contributed by atoms with Gasteiger partial charge >= 0.3 is 5.69 Å². The van der Waals surface area contributed by atoms with Gasteiger partial charge < -0.3 is 4.57 Å². The van der Waals surface area contributed by atoms with Crippen molar-refractivity contribution in [2.24, 2.45) is 37.3 Å². The number of aromatic nitrogens is 4. The predicted octanol–water partition coefficient (Wildman–Crippen LogP) is 1.22. The first kappa shape index (κ1) is 16.0. The van der Waals surface area contributed by atoms with Crippen molar-refractivity contribution >= 4 is 16.9 Å². The van der Waals surface area contributed by atoms with Gasteiger partial charge in [-0.2, -0.15) is 0 Å². The van der Waals surface area contributed by atoms with Gasteiger partial charge in [-0.15, -0.1) is 0 Å². The number of hydrogen-bond acceptors (Lipinski definition) is 4. The summed E-state index contributed by atoms with van der Waals surface area (Å²) in [6, 6.07) is 0. The van der Waals surface area contributed by atoms with Crippen molar-refractivity contribution in [1.82, 2.24) is 18.7 Å². The number of fused-ring (bicyclic) bond motifs is 1. The standard InChI is InChI=1S/C19H24N4O3/c1-21-16-15(17(25)22(2)18(21)26)23(10-20-16)9-14(24)19-6-11-3-12(7-19)5-13(4-11)8-19/h10-13H,3-9H2,1-2H3. The molecular formula is C19H24N4O3. The molecule has 4 aliphatic rings. The van der Waals surface area contributed by atoms with E-state index in [1.165, 1.54) is 37.2 Å². The molecule has 7 nitrogen and oxygen atoms in total. The Morgan fingerprint density at radius 3 is 2.23 bits per heavy atom. The van der Waals surface area contributed by atoms with Gasteiger partial charge in [-0.05, 0) is 56.3 Å². The maximum atomic E-state index is 13.3. The minimum absolute atomic E-state index is 0.177. The number of imidazole rings is 1. The van der Waals surface area contributed by atoms with Crippen molar-refractivity contribution in [2.75, 3.05) is 0 Å². The molecule has 0 atom stereocenters. The van der Waals surface area contributed by atoms with Crippen LogP contribution < -0.4 is 11.2 Å². The zero-order valence-electron chi connectivity index (χ0n) is 15.3. The SMILES string of the molecule is Cn1c(=O)c2c(ncn2CC(=O)C23CC4CC(CC(C4)C2)C3)n(C)c1=O. The first-order chi connectivity index (χ1) is 12.4. The van der Waals surface area contributed by atoms with Gasteiger partial charge in [0.15, 0.2) is 16.9 Å². The lowest BCUT2D eigenvalue weighted by Gasteiger charge is -2.56. The molecule has 26 heavy (non-hydrogen) atoms. The third kappa shape index (κ3) is 2.06. The quantitative estimate of drug-likeness (QED) is 0.828. The van der Waals surface area contributed by atoms with E-state index >= 15 is 0 Å². The van der Waals surface area contributed by atoms with E-state index in [4.69, 9.17) is 0 Å². The van der Waals surface area contributed by atoms with Gasteiger partial charge in [0.25, 0.3) is 5.56 Å². The molecule has 2 heterocycles. The van der Waals surface area contributed by atoms with Gasteiger partial charge in [0.1, 0.15) is 0 Å². The molecule has 0 amide bonds. The number of rotatable bonds is 3. The average Bonchev–Trinajstić information content (AvgIpc) is 3.00. The molecule has 4 fully saturated rings. The highest BCUT2D eigenvalue weighted by atomic mass is 16.2. The molecule has 0 saturated heterocycles. The summed E-state index contributed by atoms with van der Waals surface area (Å²) in [6.45, 7) is 0.177. The molecule has 4 bridgehead atoms. The van der Waals surface area contributed by atoms with Crippen LogP contribution in [0.4, 0.5) is 0 Å². The maximum Gasteiger partial charge on any atom is 0.332 e. The molecule has 0 aliphatic heterocycles. The highest BCUT2D eigenvalue weighted by molar-refractivity contribution is 5.86. The van der Waals surface area contributed by atoms with Gasteiger partial charge in [-0.3, -0.25) is 18.7 Å². The fourth-order valence-corrected chi connectivity index (χ4v) is 6.29. The van der Waals surface area contributed by atoms with E-state index in [-0.39, 0.29) is 23.3 Å². The molecule has 0 unspecified atom stereocenters. The van der Waals surface area contributed by atoms with E-state index in [1.807, 2.05) is 0 Å². The van der Waals surface area contributed by atoms with E-state index in [0.717, 1.165) is 23.8 Å². The van der Waals surface area contributed by atoms with Crippen LogP contribution in [0.1, 0.15) is 38.5 Å². The lowest BCUT2D eigenvalue weighted by Crippen LogP contribution is -2.50. The molecule has 7 heteroatoms. The second-order valence-corrected chi connectivity index (χ2v) is 8.87. The highest BCUT2D eigenvalue weighted by Gasteiger charge is 2.54. The Hall–Kier alpha value is -2.18. The van der Waals surface area contributed by atoms with Crippen LogP contribution in [-0.2, 0) is 25.4 Å². The van der Waals surface area contributed by atoms with Crippen LogP contribution >= 0.6 is 0 Å². The fourth-order valence-electron chi connectivity index (χ4n) is 6.29. The van der Waals surface area contributed by atoms with Gasteiger partial charge in [0, 0.05) is 19.5 Å². The molecule has 138 valence electrons. The second-order valence-electron chi connectivity index (χ2n) is 8.87. The molecule has 0 N–H and O–H groups in total. The fraction of sp³-hybridized carbons (Fsp3) is 0.684. The summed E-state index contributed by atoms with van der Waals surface area (Å²) in [4.78, 5) is 42.2. The Morgan fingerprint density at radius 1 is 1.08 bits per heavy atom. The van der Waals surface area contributed by atoms with E-state index in [0.29, 0.717) is 28.9 Å². The molecule has 0 aromatic carbocycles. The Kier molecular flexibility index (Phi) is 3.19. The summed E-state index contributed by atoms with van der Waals surface area (Å²) in [5.41, 5.74) is -0.305. The summed E-state index contributed by atoms with van der Waals surface area (Å²) in [7, 11) is 3.06. The van der Waals surface area contributed by atoms with Crippen LogP contribution in [0, 0.1) is 23.2 Å². The zero-order valence-corrected chi connectivity index (χ0v) is 15.3. The third-order valence-corrected chi connectivity index (χ3v) is 7.16. The minimum Gasteiger partial charge on any atom is -0.317 e. The monoisotopic (exact) mass is 356 g/mol. The van der Waals surface area contributed by atoms with Crippen molar-refractivity contribution < 1.29 is 4.79 Å². The normalized spacial score (nSPS) is 32.5. The number of hydrogen-bond donors (Lipinski definition) is 0. The van der Waals surface area contributed by atoms with Crippen molar-refractivity contribution in [3.63, 3.8) is 0 Å². The lowest BCUT2D eigenvalue weighted by molar-refractivity contribution is -0.144. The average molecular weight is 356 g/mol. The molecule has 4 aliphatic carbocycles. The van der Waals surface area contributed by atoms with Gasteiger partial charge in [-0.25, -0.2) is 9.78 Å². The topological polar surface area (TPSA) is 78.9 Å². The second kappa shape index (κ2) is 5.18. The summed E-state index contributed by atoms with van der Waals surface area (Å²) >= 11 is 0. The predicted molar refractivity (Wildman–Crippen MR) is 95.8 cm³/mol. The van der Waals surface area contributed by atoms with Crippen molar-refractivity contribution in [3.05, 3.63) is 27.2 Å². The lowest BCUT2D eigenvalue weighted by atomic mass is 9.48.